The van der Waals surface area contributed by atoms with E-state index >= 15 is 0 Å². The first-order chi connectivity index (χ1) is 18.4. The molecular formula is C27H37N5O6. The van der Waals surface area contributed by atoms with Crippen molar-refractivity contribution in [3.63, 3.8) is 0 Å². The molecule has 1 aromatic heterocycles. The quantitative estimate of drug-likeness (QED) is 0.559. The van der Waals surface area contributed by atoms with Gasteiger partial charge in [0.05, 0.1) is 37.7 Å². The largest absolute Gasteiger partial charge is 0.431 e. The van der Waals surface area contributed by atoms with E-state index in [0.29, 0.717) is 76.5 Å². The maximum atomic E-state index is 13.4. The maximum Gasteiger partial charge on any atom is 0.298 e. The smallest absolute Gasteiger partial charge is 0.298 e. The number of oxazole rings is 1. The Labute approximate surface area is 222 Å². The molecule has 0 radical (unpaired) electrons. The fraction of sp³-hybridized carbons (Fsp3) is 0.593. The summed E-state index contributed by atoms with van der Waals surface area (Å²) < 4.78 is 22.0. The third-order valence-corrected chi connectivity index (χ3v) is 7.33. The topological polar surface area (TPSA) is 118 Å². The highest BCUT2D eigenvalue weighted by molar-refractivity contribution is 6.08. The van der Waals surface area contributed by atoms with Crippen molar-refractivity contribution in [2.75, 3.05) is 69.5 Å². The predicted octanol–water partition coefficient (Wildman–Crippen LogP) is 2.28. The molecule has 0 bridgehead atoms. The molecule has 0 spiro atoms. The Balaban J connectivity index is 1.35. The number of ether oxygens (including phenoxy) is 3. The number of aromatic nitrogens is 1. The van der Waals surface area contributed by atoms with Crippen LogP contribution in [-0.4, -0.2) is 92.6 Å². The van der Waals surface area contributed by atoms with Crippen molar-refractivity contribution < 1.29 is 28.2 Å². The van der Waals surface area contributed by atoms with E-state index < -0.39 is 5.91 Å². The van der Waals surface area contributed by atoms with Gasteiger partial charge in [0, 0.05) is 51.0 Å². The van der Waals surface area contributed by atoms with E-state index in [2.05, 4.69) is 34.4 Å². The summed E-state index contributed by atoms with van der Waals surface area (Å²) in [5.41, 5.74) is 1.89. The zero-order chi connectivity index (χ0) is 26.5. The van der Waals surface area contributed by atoms with E-state index in [-0.39, 0.29) is 23.2 Å². The van der Waals surface area contributed by atoms with Crippen LogP contribution in [0.4, 0.5) is 11.7 Å². The van der Waals surface area contributed by atoms with E-state index in [4.69, 9.17) is 18.6 Å². The molecule has 3 aliphatic heterocycles. The summed E-state index contributed by atoms with van der Waals surface area (Å²) in [7, 11) is 0. The van der Waals surface area contributed by atoms with E-state index in [9.17, 15) is 9.59 Å². The fourth-order valence-corrected chi connectivity index (χ4v) is 4.95. The second kappa shape index (κ2) is 11.8. The molecule has 3 fully saturated rings. The highest BCUT2D eigenvalue weighted by Crippen LogP contribution is 2.25. The molecule has 3 saturated heterocycles. The van der Waals surface area contributed by atoms with Crippen LogP contribution in [0, 0.1) is 0 Å². The highest BCUT2D eigenvalue weighted by Gasteiger charge is 2.31. The van der Waals surface area contributed by atoms with Crippen LogP contribution in [0.25, 0.3) is 0 Å². The molecule has 5 rings (SSSR count). The Morgan fingerprint density at radius 1 is 1.00 bits per heavy atom. The number of hydrogen-bond donors (Lipinski definition) is 2. The van der Waals surface area contributed by atoms with E-state index in [0.717, 1.165) is 24.9 Å². The Morgan fingerprint density at radius 2 is 1.74 bits per heavy atom. The molecule has 2 amide bonds. The molecule has 2 N–H and O–H groups in total. The maximum absolute atomic E-state index is 13.4. The number of benzene rings is 1. The third-order valence-electron chi connectivity index (χ3n) is 7.33. The van der Waals surface area contributed by atoms with E-state index in [1.165, 1.54) is 6.26 Å². The van der Waals surface area contributed by atoms with Crippen LogP contribution in [-0.2, 0) is 20.8 Å². The summed E-state index contributed by atoms with van der Waals surface area (Å²) in [6, 6.07) is 6.04. The summed E-state index contributed by atoms with van der Waals surface area (Å²) in [5, 5.41) is 6.01. The number of carbonyl (C=O) groups excluding carboxylic acids is 2. The Hall–Kier alpha value is -2.99. The molecule has 2 aromatic rings. The number of amides is 2. The second-order valence-electron chi connectivity index (χ2n) is 10.6. The molecule has 0 saturated carbocycles. The monoisotopic (exact) mass is 527 g/mol. The van der Waals surface area contributed by atoms with Crippen molar-refractivity contribution in [2.45, 2.75) is 44.8 Å². The molecule has 11 heteroatoms. The Morgan fingerprint density at radius 3 is 2.50 bits per heavy atom. The number of morpholine rings is 2. The zero-order valence-electron chi connectivity index (χ0n) is 22.2. The van der Waals surface area contributed by atoms with Gasteiger partial charge in [0.2, 0.25) is 0 Å². The number of carbonyl (C=O) groups is 2. The summed E-state index contributed by atoms with van der Waals surface area (Å²) >= 11 is 0. The van der Waals surface area contributed by atoms with Gasteiger partial charge in [0.25, 0.3) is 17.8 Å². The number of rotatable bonds is 7. The highest BCUT2D eigenvalue weighted by atomic mass is 16.5. The molecule has 11 nitrogen and oxygen atoms in total. The minimum Gasteiger partial charge on any atom is -0.431 e. The molecule has 38 heavy (non-hydrogen) atoms. The lowest BCUT2D eigenvalue weighted by atomic mass is 10.00. The number of hydrogen-bond acceptors (Lipinski definition) is 9. The first-order valence-corrected chi connectivity index (χ1v) is 13.3. The third kappa shape index (κ3) is 6.35. The van der Waals surface area contributed by atoms with Gasteiger partial charge in [-0.15, -0.1) is 0 Å². The molecule has 4 heterocycles. The number of nitrogens with zero attached hydrogens (tertiary/aromatic N) is 3. The number of nitrogens with one attached hydrogen (secondary N) is 2. The van der Waals surface area contributed by atoms with Crippen LogP contribution in [0.3, 0.4) is 0 Å². The molecule has 0 unspecified atom stereocenters. The van der Waals surface area contributed by atoms with Gasteiger partial charge in [-0.25, -0.2) is 0 Å². The van der Waals surface area contributed by atoms with E-state index in [1.807, 2.05) is 17.0 Å². The van der Waals surface area contributed by atoms with Gasteiger partial charge in [-0.2, -0.15) is 4.98 Å². The molecule has 206 valence electrons. The summed E-state index contributed by atoms with van der Waals surface area (Å²) in [4.78, 5) is 35.2. The number of anilines is 2. The average Bonchev–Trinajstić information content (AvgIpc) is 3.42. The lowest BCUT2D eigenvalue weighted by Crippen LogP contribution is -2.52. The predicted molar refractivity (Wildman–Crippen MR) is 141 cm³/mol. The minimum absolute atomic E-state index is 0.0354. The Bertz CT molecular complexity index is 1120. The van der Waals surface area contributed by atoms with Crippen molar-refractivity contribution in [3.05, 3.63) is 41.3 Å². The van der Waals surface area contributed by atoms with Crippen molar-refractivity contribution in [2.24, 2.45) is 0 Å². The minimum atomic E-state index is -0.435. The van der Waals surface area contributed by atoms with Crippen LogP contribution < -0.4 is 15.5 Å². The van der Waals surface area contributed by atoms with Crippen LogP contribution in [0.1, 0.15) is 53.1 Å². The lowest BCUT2D eigenvalue weighted by molar-refractivity contribution is -0.0552. The molecule has 0 atom stereocenters. The second-order valence-corrected chi connectivity index (χ2v) is 10.6. The van der Waals surface area contributed by atoms with Gasteiger partial charge in [0.15, 0.2) is 5.69 Å². The van der Waals surface area contributed by atoms with Crippen molar-refractivity contribution in [3.8, 4) is 0 Å². The van der Waals surface area contributed by atoms with Gasteiger partial charge in [-0.05, 0) is 44.4 Å². The van der Waals surface area contributed by atoms with Gasteiger partial charge in [0.1, 0.15) is 6.26 Å². The average molecular weight is 528 g/mol. The lowest BCUT2D eigenvalue weighted by Gasteiger charge is -2.42. The zero-order valence-corrected chi connectivity index (χ0v) is 22.2. The first-order valence-electron chi connectivity index (χ1n) is 13.3. The fourth-order valence-electron chi connectivity index (χ4n) is 4.95. The van der Waals surface area contributed by atoms with Crippen LogP contribution >= 0.6 is 0 Å². The van der Waals surface area contributed by atoms with Gasteiger partial charge in [-0.1, -0.05) is 6.07 Å². The van der Waals surface area contributed by atoms with Gasteiger partial charge >= 0.3 is 0 Å². The SMILES string of the molecule is CC1(C)COCCN1Cc1ccc(NC(=O)c2coc(N3CCOCC3)n2)c(C(=O)NC2CCOCC2)c1. The van der Waals surface area contributed by atoms with Crippen LogP contribution in [0.15, 0.2) is 28.9 Å². The summed E-state index contributed by atoms with van der Waals surface area (Å²) in [5.74, 6) is -0.653. The van der Waals surface area contributed by atoms with Crippen molar-refractivity contribution >= 4 is 23.5 Å². The summed E-state index contributed by atoms with van der Waals surface area (Å²) in [6.07, 6.45) is 2.87. The standard InChI is InChI=1S/C27H37N5O6/c1-27(2)18-37-14-9-32(27)16-19-3-4-22(21(15-19)24(33)28-20-5-10-35-11-6-20)29-25(34)23-17-38-26(30-23)31-7-12-36-13-8-31/h3-4,15,17,20H,5-14,16,18H2,1-2H3,(H,28,33)(H,29,34). The van der Waals surface area contributed by atoms with E-state index in [1.54, 1.807) is 6.07 Å². The van der Waals surface area contributed by atoms with Crippen LogP contribution in [0.2, 0.25) is 0 Å². The van der Waals surface area contributed by atoms with Crippen LogP contribution in [0.5, 0.6) is 0 Å². The van der Waals surface area contributed by atoms with Crippen molar-refractivity contribution in [1.82, 2.24) is 15.2 Å². The van der Waals surface area contributed by atoms with Crippen molar-refractivity contribution in [1.29, 1.82) is 0 Å². The molecule has 1 aromatic carbocycles. The molecular weight excluding hydrogens is 490 g/mol. The first kappa shape index (κ1) is 26.6. The molecule has 3 aliphatic rings. The molecule has 0 aliphatic carbocycles. The van der Waals surface area contributed by atoms with Gasteiger partial charge in [-0.3, -0.25) is 14.5 Å². The normalized spacial score (nSPS) is 20.7. The van der Waals surface area contributed by atoms with Gasteiger partial charge < -0.3 is 34.2 Å². The Kier molecular flexibility index (Phi) is 8.27. The summed E-state index contributed by atoms with van der Waals surface area (Å²) in [6.45, 7) is 10.9.